The maximum Gasteiger partial charge on any atom is 0.306 e. The van der Waals surface area contributed by atoms with Crippen LogP contribution in [0, 0.1) is 26.7 Å². The second kappa shape index (κ2) is 10.0. The summed E-state index contributed by atoms with van der Waals surface area (Å²) >= 11 is 0. The van der Waals surface area contributed by atoms with Crippen LogP contribution in [0.5, 0.6) is 11.6 Å². The van der Waals surface area contributed by atoms with Gasteiger partial charge in [-0.1, -0.05) is 30.7 Å². The molecule has 0 radical (unpaired) electrons. The zero-order valence-corrected chi connectivity index (χ0v) is 21.4. The minimum atomic E-state index is -3.33. The molecule has 1 aliphatic carbocycles. The molecule has 3 unspecified atom stereocenters. The van der Waals surface area contributed by atoms with E-state index in [1.165, 1.54) is 10.7 Å². The quantitative estimate of drug-likeness (QED) is 0.292. The van der Waals surface area contributed by atoms with Crippen LogP contribution < -0.4 is 5.32 Å². The number of rotatable bonds is 7. The molecule has 1 aromatic heterocycles. The van der Waals surface area contributed by atoms with Crippen LogP contribution in [0.3, 0.4) is 0 Å². The average Bonchev–Trinajstić information content (AvgIpc) is 3.12. The number of aromatic nitrogens is 2. The molecule has 2 aromatic carbocycles. The number of aromatic hydroxyl groups is 2. The summed E-state index contributed by atoms with van der Waals surface area (Å²) in [7, 11) is 0. The molecule has 1 heterocycles. The third-order valence-electron chi connectivity index (χ3n) is 7.44. The molecule has 0 aliphatic heterocycles. The van der Waals surface area contributed by atoms with E-state index in [4.69, 9.17) is 0 Å². The van der Waals surface area contributed by atoms with Gasteiger partial charge in [0.2, 0.25) is 5.88 Å². The van der Waals surface area contributed by atoms with E-state index >= 15 is 8.78 Å². The van der Waals surface area contributed by atoms with Crippen molar-refractivity contribution in [3.63, 3.8) is 0 Å². The Hall–Kier alpha value is -3.62. The number of phenolic OH excluding ortho intramolecular Hbond substituents is 1. The Morgan fingerprint density at radius 1 is 1.14 bits per heavy atom. The number of phenols is 1. The van der Waals surface area contributed by atoms with Gasteiger partial charge in [-0.2, -0.15) is 9.78 Å². The Balaban J connectivity index is 1.71. The number of benzene rings is 2. The van der Waals surface area contributed by atoms with E-state index in [1.807, 2.05) is 26.0 Å². The highest BCUT2D eigenvalue weighted by Crippen LogP contribution is 2.46. The molecule has 1 fully saturated rings. The number of nitrogens with zero attached hydrogens (tertiary/aromatic N) is 2. The van der Waals surface area contributed by atoms with Gasteiger partial charge >= 0.3 is 5.97 Å². The lowest BCUT2D eigenvalue weighted by molar-refractivity contribution is -0.143. The van der Waals surface area contributed by atoms with Crippen molar-refractivity contribution in [2.75, 3.05) is 5.32 Å². The van der Waals surface area contributed by atoms with Crippen LogP contribution in [0.1, 0.15) is 72.5 Å². The van der Waals surface area contributed by atoms with Crippen LogP contribution in [0.25, 0.3) is 5.69 Å². The molecular formula is C28H33F2N3O4. The number of nitrogens with one attached hydrogen (secondary N) is 1. The molecule has 37 heavy (non-hydrogen) atoms. The van der Waals surface area contributed by atoms with Gasteiger partial charge in [0.25, 0.3) is 5.92 Å². The van der Waals surface area contributed by atoms with E-state index in [2.05, 4.69) is 10.4 Å². The number of alkyl halides is 2. The summed E-state index contributed by atoms with van der Waals surface area (Å²) in [5, 5.41) is 38.7. The number of hydrogen-bond donors (Lipinski definition) is 4. The fraction of sp³-hybridized carbons (Fsp3) is 0.429. The third-order valence-corrected chi connectivity index (χ3v) is 7.44. The van der Waals surface area contributed by atoms with Crippen LogP contribution in [-0.2, 0) is 4.79 Å². The lowest BCUT2D eigenvalue weighted by Gasteiger charge is -2.30. The number of hydrogen-bond acceptors (Lipinski definition) is 5. The molecule has 0 spiro atoms. The summed E-state index contributed by atoms with van der Waals surface area (Å²) in [4.78, 5) is 11.5. The van der Waals surface area contributed by atoms with E-state index < -0.39 is 23.9 Å². The van der Waals surface area contributed by atoms with E-state index in [0.717, 1.165) is 18.1 Å². The molecule has 4 N–H and O–H groups in total. The lowest BCUT2D eigenvalue weighted by Crippen LogP contribution is -2.29. The van der Waals surface area contributed by atoms with Crippen molar-refractivity contribution in [1.82, 2.24) is 9.78 Å². The van der Waals surface area contributed by atoms with Crippen molar-refractivity contribution in [3.05, 3.63) is 64.3 Å². The van der Waals surface area contributed by atoms with Gasteiger partial charge in [-0.15, -0.1) is 0 Å². The average molecular weight is 514 g/mol. The first kappa shape index (κ1) is 26.4. The van der Waals surface area contributed by atoms with Crippen LogP contribution in [-0.4, -0.2) is 37.0 Å². The van der Waals surface area contributed by atoms with Gasteiger partial charge in [0.05, 0.1) is 17.3 Å². The van der Waals surface area contributed by atoms with Gasteiger partial charge in [-0.25, -0.2) is 8.78 Å². The van der Waals surface area contributed by atoms with E-state index in [1.54, 1.807) is 25.1 Å². The summed E-state index contributed by atoms with van der Waals surface area (Å²) < 4.78 is 31.3. The lowest BCUT2D eigenvalue weighted by atomic mass is 9.77. The highest BCUT2D eigenvalue weighted by atomic mass is 19.3. The Labute approximate surface area is 214 Å². The van der Waals surface area contributed by atoms with Gasteiger partial charge in [-0.3, -0.25) is 4.79 Å². The molecule has 0 bridgehead atoms. The number of carboxylic acid groups (broad SMARTS) is 1. The summed E-state index contributed by atoms with van der Waals surface area (Å²) in [5.74, 6) is -5.58. The second-order valence-corrected chi connectivity index (χ2v) is 10.2. The second-order valence-electron chi connectivity index (χ2n) is 10.2. The number of para-hydroxylation sites is 1. The number of aliphatic carboxylic acids is 1. The highest BCUT2D eigenvalue weighted by molar-refractivity contribution is 5.70. The standard InChI is InChI=1S/C28H33F2N3O4/c1-15-11-12-20(13-16(15)2)33-26(35)23(17(3)32-33)31-25(28(4,29)30)22-10-6-9-21(24(22)34)18-7-5-8-19(14-18)27(36)37/h6,9-13,18-19,25,31,34-35H,5,7-8,14H2,1-4H3,(H,36,37). The molecule has 9 heteroatoms. The van der Waals surface area contributed by atoms with E-state index in [9.17, 15) is 20.1 Å². The first-order chi connectivity index (χ1) is 17.4. The molecule has 3 atom stereocenters. The number of carboxylic acids is 1. The minimum Gasteiger partial charge on any atom is -0.507 e. The van der Waals surface area contributed by atoms with Gasteiger partial charge in [-0.05, 0) is 74.8 Å². The van der Waals surface area contributed by atoms with Gasteiger partial charge in [0.1, 0.15) is 17.5 Å². The minimum absolute atomic E-state index is 0.0276. The molecular weight excluding hydrogens is 480 g/mol. The van der Waals surface area contributed by atoms with Crippen molar-refractivity contribution in [1.29, 1.82) is 0 Å². The Bertz CT molecular complexity index is 1320. The van der Waals surface area contributed by atoms with Crippen molar-refractivity contribution >= 4 is 11.7 Å². The van der Waals surface area contributed by atoms with Gasteiger partial charge in [0, 0.05) is 12.5 Å². The summed E-state index contributed by atoms with van der Waals surface area (Å²) in [6.45, 7) is 6.25. The number of carbonyl (C=O) groups is 1. The maximum absolute atomic E-state index is 15.0. The normalized spacial score (nSPS) is 19.0. The summed E-state index contributed by atoms with van der Waals surface area (Å²) in [6, 6.07) is 8.54. The van der Waals surface area contributed by atoms with Crippen molar-refractivity contribution in [2.45, 2.75) is 71.3 Å². The van der Waals surface area contributed by atoms with Crippen molar-refractivity contribution in [2.24, 2.45) is 5.92 Å². The maximum atomic E-state index is 15.0. The molecule has 7 nitrogen and oxygen atoms in total. The third kappa shape index (κ3) is 5.26. The van der Waals surface area contributed by atoms with Crippen molar-refractivity contribution in [3.8, 4) is 17.3 Å². The smallest absolute Gasteiger partial charge is 0.306 e. The fourth-order valence-corrected chi connectivity index (χ4v) is 5.18. The van der Waals surface area contributed by atoms with E-state index in [-0.39, 0.29) is 28.8 Å². The van der Waals surface area contributed by atoms with Gasteiger partial charge < -0.3 is 20.6 Å². The van der Waals surface area contributed by atoms with Crippen LogP contribution in [0.2, 0.25) is 0 Å². The summed E-state index contributed by atoms with van der Waals surface area (Å²) in [5.41, 5.74) is 3.44. The number of aryl methyl sites for hydroxylation is 3. The summed E-state index contributed by atoms with van der Waals surface area (Å²) in [6.07, 6.45) is 2.26. The number of halogens is 2. The molecule has 0 amide bonds. The predicted octanol–water partition coefficient (Wildman–Crippen LogP) is 6.38. The van der Waals surface area contributed by atoms with Crippen LogP contribution in [0.15, 0.2) is 36.4 Å². The van der Waals surface area contributed by atoms with Gasteiger partial charge in [0.15, 0.2) is 0 Å². The fourth-order valence-electron chi connectivity index (χ4n) is 5.18. The Morgan fingerprint density at radius 3 is 2.51 bits per heavy atom. The predicted molar refractivity (Wildman–Crippen MR) is 137 cm³/mol. The first-order valence-electron chi connectivity index (χ1n) is 12.4. The molecule has 1 saturated carbocycles. The first-order valence-corrected chi connectivity index (χ1v) is 12.4. The zero-order valence-electron chi connectivity index (χ0n) is 21.4. The molecule has 0 saturated heterocycles. The molecule has 3 aromatic rings. The topological polar surface area (TPSA) is 108 Å². The molecule has 1 aliphatic rings. The molecule has 198 valence electrons. The Kier molecular flexibility index (Phi) is 7.17. The van der Waals surface area contributed by atoms with Crippen LogP contribution >= 0.6 is 0 Å². The highest BCUT2D eigenvalue weighted by Gasteiger charge is 2.40. The van der Waals surface area contributed by atoms with Crippen molar-refractivity contribution < 1.29 is 28.9 Å². The van der Waals surface area contributed by atoms with Crippen LogP contribution in [0.4, 0.5) is 14.5 Å². The van der Waals surface area contributed by atoms with E-state index in [0.29, 0.717) is 42.6 Å². The largest absolute Gasteiger partial charge is 0.507 e. The SMILES string of the molecule is Cc1ccc(-n2nc(C)c(NC(c3cccc(C4CCCC(C(=O)O)C4)c3O)C(C)(F)F)c2O)cc1C. The Morgan fingerprint density at radius 2 is 1.86 bits per heavy atom. The number of anilines is 1. The molecule has 4 rings (SSSR count). The zero-order chi connectivity index (χ0) is 27.1. The monoisotopic (exact) mass is 513 g/mol.